The smallest absolute Gasteiger partial charge is 0.212 e. The largest absolute Gasteiger partial charge is 0.397 e. The summed E-state index contributed by atoms with van der Waals surface area (Å²) in [5.74, 6) is 0.238. The molecule has 0 rings (SSSR count). The average Bonchev–Trinajstić information content (AvgIpc) is 2.04. The third-order valence-electron chi connectivity index (χ3n) is 1.13. The maximum Gasteiger partial charge on any atom is 0.212 e. The molecule has 0 aromatic carbocycles. The zero-order chi connectivity index (χ0) is 9.40. The minimum atomic E-state index is -0.0396. The number of aliphatic hydroxyl groups is 1. The zero-order valence-corrected chi connectivity index (χ0v) is 6.91. The summed E-state index contributed by atoms with van der Waals surface area (Å²) in [4.78, 5) is 14.5. The van der Waals surface area contributed by atoms with E-state index in [0.29, 0.717) is 18.4 Å². The lowest BCUT2D eigenvalue weighted by molar-refractivity contribution is -0.108. The molecule has 0 spiro atoms. The third kappa shape index (κ3) is 3.72. The Kier molecular flexibility index (Phi) is 5.64. The van der Waals surface area contributed by atoms with Crippen molar-refractivity contribution in [3.63, 3.8) is 0 Å². The number of nitrogens with one attached hydrogen (secondary N) is 1. The van der Waals surface area contributed by atoms with Crippen LogP contribution in [0.5, 0.6) is 0 Å². The summed E-state index contributed by atoms with van der Waals surface area (Å²) in [6.45, 7) is 3.55. The number of rotatable bonds is 5. The van der Waals surface area contributed by atoms with E-state index in [-0.39, 0.29) is 12.4 Å². The second-order valence-corrected chi connectivity index (χ2v) is 1.96. The van der Waals surface area contributed by atoms with Crippen LogP contribution in [0.1, 0.15) is 6.42 Å². The number of amidine groups is 1. The first-order chi connectivity index (χ1) is 5.76. The van der Waals surface area contributed by atoms with Crippen molar-refractivity contribution < 1.29 is 14.7 Å². The fourth-order valence-corrected chi connectivity index (χ4v) is 0.593. The fourth-order valence-electron chi connectivity index (χ4n) is 0.593. The Hall–Kier alpha value is -1.36. The van der Waals surface area contributed by atoms with Gasteiger partial charge in [0, 0.05) is 6.61 Å². The summed E-state index contributed by atoms with van der Waals surface area (Å²) >= 11 is 0. The molecule has 0 aliphatic rings. The second kappa shape index (κ2) is 6.36. The number of nitrogens with zero attached hydrogens (tertiary/aromatic N) is 1. The van der Waals surface area contributed by atoms with Crippen LogP contribution in [-0.4, -0.2) is 31.1 Å². The van der Waals surface area contributed by atoms with Gasteiger partial charge >= 0.3 is 0 Å². The molecule has 12 heavy (non-hydrogen) atoms. The standard InChI is InChI=1S/C7H12N2O3/c1-6(3-4-10)7(8-5-11)9-12-2/h5,10H,1,3-4H2,2H3,(H,8,9,11). The number of aliphatic hydroxyl groups excluding tert-OH is 1. The normalized spacial score (nSPS) is 10.7. The molecule has 0 fully saturated rings. The van der Waals surface area contributed by atoms with Gasteiger partial charge in [-0.3, -0.25) is 4.79 Å². The Labute approximate surface area is 70.7 Å². The molecular weight excluding hydrogens is 160 g/mol. The highest BCUT2D eigenvalue weighted by atomic mass is 16.6. The zero-order valence-electron chi connectivity index (χ0n) is 6.91. The SMILES string of the molecule is C=C(CCO)/C(=N/OC)NC=O. The van der Waals surface area contributed by atoms with Crippen molar-refractivity contribution in [1.82, 2.24) is 5.32 Å². The van der Waals surface area contributed by atoms with Crippen LogP contribution in [0.25, 0.3) is 0 Å². The van der Waals surface area contributed by atoms with Crippen LogP contribution in [0.15, 0.2) is 17.3 Å². The van der Waals surface area contributed by atoms with E-state index in [0.717, 1.165) is 0 Å². The summed E-state index contributed by atoms with van der Waals surface area (Å²) in [7, 11) is 1.36. The van der Waals surface area contributed by atoms with E-state index in [4.69, 9.17) is 5.11 Å². The van der Waals surface area contributed by atoms with Gasteiger partial charge in [-0.25, -0.2) is 0 Å². The Morgan fingerprint density at radius 3 is 2.92 bits per heavy atom. The molecule has 0 aliphatic heterocycles. The Morgan fingerprint density at radius 2 is 2.50 bits per heavy atom. The predicted octanol–water partition coefficient (Wildman–Crippen LogP) is -0.369. The Morgan fingerprint density at radius 1 is 1.83 bits per heavy atom. The van der Waals surface area contributed by atoms with Crippen molar-refractivity contribution in [2.45, 2.75) is 6.42 Å². The Balaban J connectivity index is 4.18. The van der Waals surface area contributed by atoms with Crippen LogP contribution in [0.2, 0.25) is 0 Å². The molecule has 5 nitrogen and oxygen atoms in total. The monoisotopic (exact) mass is 172 g/mol. The van der Waals surface area contributed by atoms with E-state index in [1.165, 1.54) is 7.11 Å². The van der Waals surface area contributed by atoms with E-state index in [1.807, 2.05) is 0 Å². The molecule has 0 saturated carbocycles. The lowest BCUT2D eigenvalue weighted by atomic mass is 10.2. The molecule has 0 aromatic heterocycles. The number of carbonyl (C=O) groups is 1. The van der Waals surface area contributed by atoms with Crippen LogP contribution in [-0.2, 0) is 9.63 Å². The summed E-state index contributed by atoms with van der Waals surface area (Å²) in [6.07, 6.45) is 0.823. The molecule has 0 radical (unpaired) electrons. The second-order valence-electron chi connectivity index (χ2n) is 1.96. The number of oxime groups is 1. The molecule has 0 heterocycles. The topological polar surface area (TPSA) is 70.9 Å². The highest BCUT2D eigenvalue weighted by molar-refractivity contribution is 6.02. The minimum absolute atomic E-state index is 0.0396. The summed E-state index contributed by atoms with van der Waals surface area (Å²) in [5.41, 5.74) is 0.520. The number of hydrogen-bond acceptors (Lipinski definition) is 4. The molecule has 2 N–H and O–H groups in total. The molecular formula is C7H12N2O3. The first-order valence-electron chi connectivity index (χ1n) is 3.36. The number of amides is 1. The molecule has 0 saturated heterocycles. The maximum atomic E-state index is 10.0. The fraction of sp³-hybridized carbons (Fsp3) is 0.429. The number of carbonyl (C=O) groups excluding carboxylic acids is 1. The lowest BCUT2D eigenvalue weighted by Gasteiger charge is -2.04. The first kappa shape index (κ1) is 10.6. The molecule has 0 unspecified atom stereocenters. The average molecular weight is 172 g/mol. The van der Waals surface area contributed by atoms with Crippen molar-refractivity contribution in [2.24, 2.45) is 5.16 Å². The first-order valence-corrected chi connectivity index (χ1v) is 3.36. The van der Waals surface area contributed by atoms with Gasteiger partial charge in [-0.05, 0) is 12.0 Å². The van der Waals surface area contributed by atoms with Gasteiger partial charge in [0.05, 0.1) is 0 Å². The molecule has 0 atom stereocenters. The van der Waals surface area contributed by atoms with Crippen molar-refractivity contribution in [2.75, 3.05) is 13.7 Å². The van der Waals surface area contributed by atoms with Gasteiger partial charge in [0.2, 0.25) is 6.41 Å². The van der Waals surface area contributed by atoms with Crippen molar-refractivity contribution in [1.29, 1.82) is 0 Å². The van der Waals surface area contributed by atoms with Gasteiger partial charge in [-0.2, -0.15) is 0 Å². The van der Waals surface area contributed by atoms with Gasteiger partial charge in [-0.15, -0.1) is 0 Å². The molecule has 0 aliphatic carbocycles. The van der Waals surface area contributed by atoms with Crippen LogP contribution in [0.3, 0.4) is 0 Å². The molecule has 0 bridgehead atoms. The highest BCUT2D eigenvalue weighted by Gasteiger charge is 2.03. The quantitative estimate of drug-likeness (QED) is 0.257. The van der Waals surface area contributed by atoms with E-state index >= 15 is 0 Å². The van der Waals surface area contributed by atoms with E-state index in [9.17, 15) is 4.79 Å². The van der Waals surface area contributed by atoms with Crippen LogP contribution >= 0.6 is 0 Å². The highest BCUT2D eigenvalue weighted by Crippen LogP contribution is 1.97. The lowest BCUT2D eigenvalue weighted by Crippen LogP contribution is -2.24. The number of hydrogen-bond donors (Lipinski definition) is 2. The van der Waals surface area contributed by atoms with Gasteiger partial charge in [-0.1, -0.05) is 11.7 Å². The van der Waals surface area contributed by atoms with Gasteiger partial charge in [0.25, 0.3) is 0 Å². The molecule has 5 heteroatoms. The van der Waals surface area contributed by atoms with Crippen molar-refractivity contribution in [3.8, 4) is 0 Å². The summed E-state index contributed by atoms with van der Waals surface area (Å²) in [6, 6.07) is 0. The molecule has 1 amide bonds. The van der Waals surface area contributed by atoms with Crippen molar-refractivity contribution in [3.05, 3.63) is 12.2 Å². The van der Waals surface area contributed by atoms with E-state index in [1.54, 1.807) is 0 Å². The minimum Gasteiger partial charge on any atom is -0.397 e. The van der Waals surface area contributed by atoms with Gasteiger partial charge < -0.3 is 15.3 Å². The third-order valence-corrected chi connectivity index (χ3v) is 1.13. The van der Waals surface area contributed by atoms with E-state index in [2.05, 4.69) is 21.9 Å². The maximum absolute atomic E-state index is 10.0. The van der Waals surface area contributed by atoms with Crippen LogP contribution in [0.4, 0.5) is 0 Å². The van der Waals surface area contributed by atoms with Crippen LogP contribution < -0.4 is 5.32 Å². The molecule has 0 aromatic rings. The summed E-state index contributed by atoms with van der Waals surface area (Å²) < 4.78 is 0. The van der Waals surface area contributed by atoms with Gasteiger partial charge in [0.1, 0.15) is 7.11 Å². The predicted molar refractivity (Wildman–Crippen MR) is 44.5 cm³/mol. The van der Waals surface area contributed by atoms with Crippen LogP contribution in [0, 0.1) is 0 Å². The summed E-state index contributed by atoms with van der Waals surface area (Å²) in [5, 5.41) is 14.3. The van der Waals surface area contributed by atoms with Gasteiger partial charge in [0.15, 0.2) is 5.84 Å². The molecule has 68 valence electrons. The van der Waals surface area contributed by atoms with E-state index < -0.39 is 0 Å². The Bertz CT molecular complexity index is 189. The van der Waals surface area contributed by atoms with Crippen molar-refractivity contribution >= 4 is 12.2 Å².